The lowest BCUT2D eigenvalue weighted by molar-refractivity contribution is -0.385. The fourth-order valence-corrected chi connectivity index (χ4v) is 1.40. The second kappa shape index (κ2) is 5.39. The first kappa shape index (κ1) is 13.8. The van der Waals surface area contributed by atoms with E-state index in [1.54, 1.807) is 0 Å². The van der Waals surface area contributed by atoms with Crippen molar-refractivity contribution in [2.24, 2.45) is 0 Å². The van der Waals surface area contributed by atoms with Gasteiger partial charge in [0.2, 0.25) is 0 Å². The number of hydrogen-bond donors (Lipinski definition) is 1. The SMILES string of the molecule is CN(CC(F)F)c1ccc([N+](=O)[O-])c(C(=O)O)c1. The lowest BCUT2D eigenvalue weighted by atomic mass is 10.1. The van der Waals surface area contributed by atoms with Crippen LogP contribution in [0.4, 0.5) is 20.2 Å². The van der Waals surface area contributed by atoms with E-state index in [1.165, 1.54) is 13.1 Å². The van der Waals surface area contributed by atoms with Gasteiger partial charge in [0.1, 0.15) is 5.56 Å². The molecule has 1 aromatic carbocycles. The lowest BCUT2D eigenvalue weighted by Crippen LogP contribution is -2.24. The van der Waals surface area contributed by atoms with Crippen molar-refractivity contribution in [1.82, 2.24) is 0 Å². The van der Waals surface area contributed by atoms with E-state index in [2.05, 4.69) is 0 Å². The minimum Gasteiger partial charge on any atom is -0.477 e. The third-order valence-electron chi connectivity index (χ3n) is 2.26. The molecular weight excluding hydrogens is 250 g/mol. The van der Waals surface area contributed by atoms with E-state index in [-0.39, 0.29) is 5.69 Å². The van der Waals surface area contributed by atoms with E-state index in [0.717, 1.165) is 17.0 Å². The first-order valence-corrected chi connectivity index (χ1v) is 4.84. The van der Waals surface area contributed by atoms with Crippen molar-refractivity contribution in [3.8, 4) is 0 Å². The minimum atomic E-state index is -2.58. The van der Waals surface area contributed by atoms with Gasteiger partial charge in [-0.25, -0.2) is 13.6 Å². The van der Waals surface area contributed by atoms with Crippen LogP contribution in [-0.2, 0) is 0 Å². The average molecular weight is 260 g/mol. The van der Waals surface area contributed by atoms with Gasteiger partial charge in [0.05, 0.1) is 11.5 Å². The second-order valence-electron chi connectivity index (χ2n) is 3.54. The molecule has 0 atom stereocenters. The Balaban J connectivity index is 3.15. The van der Waals surface area contributed by atoms with E-state index in [9.17, 15) is 23.7 Å². The molecule has 1 rings (SSSR count). The number of halogens is 2. The number of benzene rings is 1. The Kier molecular flexibility index (Phi) is 4.13. The summed E-state index contributed by atoms with van der Waals surface area (Å²) >= 11 is 0. The van der Waals surface area contributed by atoms with Gasteiger partial charge in [0.15, 0.2) is 0 Å². The Hall–Kier alpha value is -2.25. The van der Waals surface area contributed by atoms with E-state index < -0.39 is 35.1 Å². The fraction of sp³-hybridized carbons (Fsp3) is 0.300. The van der Waals surface area contributed by atoms with Crippen molar-refractivity contribution >= 4 is 17.3 Å². The summed E-state index contributed by atoms with van der Waals surface area (Å²) in [6.07, 6.45) is -2.58. The molecule has 0 aliphatic rings. The zero-order valence-electron chi connectivity index (χ0n) is 9.34. The summed E-state index contributed by atoms with van der Waals surface area (Å²) in [5.41, 5.74) is -0.923. The summed E-state index contributed by atoms with van der Waals surface area (Å²) < 4.78 is 24.3. The van der Waals surface area contributed by atoms with Gasteiger partial charge in [-0.1, -0.05) is 0 Å². The van der Waals surface area contributed by atoms with Crippen LogP contribution in [0.2, 0.25) is 0 Å². The normalized spacial score (nSPS) is 10.4. The van der Waals surface area contributed by atoms with Gasteiger partial charge >= 0.3 is 5.97 Å². The Morgan fingerprint density at radius 3 is 2.61 bits per heavy atom. The van der Waals surface area contributed by atoms with Crippen LogP contribution < -0.4 is 4.90 Å². The maximum absolute atomic E-state index is 12.2. The number of aromatic carboxylic acids is 1. The highest BCUT2D eigenvalue weighted by atomic mass is 19.3. The third kappa shape index (κ3) is 3.12. The van der Waals surface area contributed by atoms with Gasteiger partial charge in [-0.3, -0.25) is 10.1 Å². The maximum Gasteiger partial charge on any atom is 0.342 e. The van der Waals surface area contributed by atoms with Crippen LogP contribution in [0.3, 0.4) is 0 Å². The van der Waals surface area contributed by atoms with Crippen LogP contribution in [0.25, 0.3) is 0 Å². The monoisotopic (exact) mass is 260 g/mol. The molecule has 0 spiro atoms. The Bertz CT molecular complexity index is 479. The number of anilines is 1. The largest absolute Gasteiger partial charge is 0.477 e. The number of hydrogen-bond acceptors (Lipinski definition) is 4. The highest BCUT2D eigenvalue weighted by molar-refractivity contribution is 5.93. The van der Waals surface area contributed by atoms with Crippen molar-refractivity contribution < 1.29 is 23.6 Å². The van der Waals surface area contributed by atoms with Crippen molar-refractivity contribution in [3.63, 3.8) is 0 Å². The van der Waals surface area contributed by atoms with Crippen molar-refractivity contribution in [1.29, 1.82) is 0 Å². The van der Waals surface area contributed by atoms with Gasteiger partial charge in [0, 0.05) is 18.8 Å². The second-order valence-corrected chi connectivity index (χ2v) is 3.54. The number of carboxylic acids is 1. The first-order chi connectivity index (χ1) is 8.32. The van der Waals surface area contributed by atoms with Gasteiger partial charge in [0.25, 0.3) is 12.1 Å². The van der Waals surface area contributed by atoms with Crippen LogP contribution in [-0.4, -0.2) is 36.0 Å². The van der Waals surface area contributed by atoms with Gasteiger partial charge in [-0.15, -0.1) is 0 Å². The predicted octanol–water partition coefficient (Wildman–Crippen LogP) is 1.99. The molecule has 0 bridgehead atoms. The molecule has 0 fully saturated rings. The molecule has 98 valence electrons. The molecular formula is C10H10F2N2O4. The standard InChI is InChI=1S/C10H10F2N2O4/c1-13(5-9(11)12)6-2-3-8(14(17)18)7(4-6)10(15)16/h2-4,9H,5H2,1H3,(H,15,16). The third-order valence-corrected chi connectivity index (χ3v) is 2.26. The number of nitrogens with zero attached hydrogens (tertiary/aromatic N) is 2. The topological polar surface area (TPSA) is 83.7 Å². The minimum absolute atomic E-state index is 0.179. The predicted molar refractivity (Wildman–Crippen MR) is 59.3 cm³/mol. The Morgan fingerprint density at radius 2 is 2.17 bits per heavy atom. The smallest absolute Gasteiger partial charge is 0.342 e. The van der Waals surface area contributed by atoms with Crippen molar-refractivity contribution in [2.75, 3.05) is 18.5 Å². The summed E-state index contributed by atoms with van der Waals surface area (Å²) in [7, 11) is 1.35. The van der Waals surface area contributed by atoms with Crippen molar-refractivity contribution in [3.05, 3.63) is 33.9 Å². The molecule has 0 heterocycles. The van der Waals surface area contributed by atoms with E-state index in [4.69, 9.17) is 5.11 Å². The molecule has 0 amide bonds. The van der Waals surface area contributed by atoms with Gasteiger partial charge < -0.3 is 10.0 Å². The molecule has 0 aliphatic heterocycles. The van der Waals surface area contributed by atoms with Gasteiger partial charge in [-0.05, 0) is 12.1 Å². The number of carboxylic acid groups (broad SMARTS) is 1. The van der Waals surface area contributed by atoms with E-state index >= 15 is 0 Å². The molecule has 0 radical (unpaired) electrons. The number of nitro benzene ring substituents is 1. The summed E-state index contributed by atoms with van der Waals surface area (Å²) in [5.74, 6) is -1.48. The zero-order valence-corrected chi connectivity index (χ0v) is 9.34. The fourth-order valence-electron chi connectivity index (χ4n) is 1.40. The lowest BCUT2D eigenvalue weighted by Gasteiger charge is -2.18. The highest BCUT2D eigenvalue weighted by Crippen LogP contribution is 2.24. The molecule has 0 saturated heterocycles. The Morgan fingerprint density at radius 1 is 1.56 bits per heavy atom. The molecule has 1 aromatic rings. The highest BCUT2D eigenvalue weighted by Gasteiger charge is 2.21. The number of alkyl halides is 2. The van der Waals surface area contributed by atoms with E-state index in [1.807, 2.05) is 0 Å². The molecule has 0 unspecified atom stereocenters. The molecule has 0 aliphatic carbocycles. The average Bonchev–Trinajstić information content (AvgIpc) is 2.26. The van der Waals surface area contributed by atoms with Gasteiger partial charge in [-0.2, -0.15) is 0 Å². The number of rotatable bonds is 5. The van der Waals surface area contributed by atoms with E-state index in [0.29, 0.717) is 0 Å². The van der Waals surface area contributed by atoms with Crippen LogP contribution in [0.15, 0.2) is 18.2 Å². The summed E-state index contributed by atoms with van der Waals surface area (Å²) in [5, 5.41) is 19.4. The van der Waals surface area contributed by atoms with Crippen LogP contribution in [0.1, 0.15) is 10.4 Å². The summed E-state index contributed by atoms with van der Waals surface area (Å²) in [6.45, 7) is -0.586. The van der Waals surface area contributed by atoms with Crippen LogP contribution in [0, 0.1) is 10.1 Å². The summed E-state index contributed by atoms with van der Waals surface area (Å²) in [4.78, 5) is 21.7. The Labute approximate surface area is 101 Å². The molecule has 18 heavy (non-hydrogen) atoms. The van der Waals surface area contributed by atoms with Crippen LogP contribution >= 0.6 is 0 Å². The number of nitro groups is 1. The molecule has 0 saturated carbocycles. The zero-order chi connectivity index (χ0) is 13.9. The van der Waals surface area contributed by atoms with Crippen LogP contribution in [0.5, 0.6) is 0 Å². The first-order valence-electron chi connectivity index (χ1n) is 4.84. The molecule has 8 heteroatoms. The molecule has 6 nitrogen and oxygen atoms in total. The van der Waals surface area contributed by atoms with Crippen molar-refractivity contribution in [2.45, 2.75) is 6.43 Å². The quantitative estimate of drug-likeness (QED) is 0.646. The number of carbonyl (C=O) groups is 1. The molecule has 1 N–H and O–H groups in total. The molecule has 0 aromatic heterocycles. The summed E-state index contributed by atoms with van der Waals surface area (Å²) in [6, 6.07) is 3.22. The maximum atomic E-state index is 12.2.